The van der Waals surface area contributed by atoms with Crippen molar-refractivity contribution in [1.82, 2.24) is 15.5 Å². The molecule has 3 amide bonds. The number of ether oxygens (including phenoxy) is 2. The van der Waals surface area contributed by atoms with Crippen LogP contribution in [-0.4, -0.2) is 77.2 Å². The number of nitrogens with zero attached hydrogens (tertiary/aromatic N) is 1. The molecule has 1 fully saturated rings. The third kappa shape index (κ3) is 8.32. The standard InChI is InChI=1S/C25H37N3O7S/c1-15-13-18(15)28(23(32)17(11-12-36-6)27-24(33)35-25(2,3)4)21(16-9-7-8-10-19(16)29)22(31)26-14-20(30)34-5/h7-10,15,17-18,21,29H,11-14H2,1-6H3,(H,26,31)(H,27,33). The van der Waals surface area contributed by atoms with E-state index in [-0.39, 0.29) is 23.3 Å². The first-order valence-electron chi connectivity index (χ1n) is 11.8. The number of benzene rings is 1. The van der Waals surface area contributed by atoms with E-state index in [1.807, 2.05) is 13.2 Å². The fourth-order valence-corrected chi connectivity index (χ4v) is 4.23. The van der Waals surface area contributed by atoms with Crippen molar-refractivity contribution in [3.63, 3.8) is 0 Å². The predicted molar refractivity (Wildman–Crippen MR) is 136 cm³/mol. The number of esters is 1. The van der Waals surface area contributed by atoms with Crippen molar-refractivity contribution >= 4 is 35.6 Å². The van der Waals surface area contributed by atoms with Crippen LogP contribution in [0.5, 0.6) is 5.75 Å². The number of alkyl carbamates (subject to hydrolysis) is 1. The fourth-order valence-electron chi connectivity index (χ4n) is 3.76. The molecule has 4 unspecified atom stereocenters. The Hall–Kier alpha value is -2.95. The maximum absolute atomic E-state index is 14.0. The van der Waals surface area contributed by atoms with Crippen molar-refractivity contribution in [2.24, 2.45) is 5.92 Å². The van der Waals surface area contributed by atoms with Crippen LogP contribution in [0, 0.1) is 5.92 Å². The summed E-state index contributed by atoms with van der Waals surface area (Å²) in [5.41, 5.74) is -0.540. The van der Waals surface area contributed by atoms with Gasteiger partial charge in [-0.05, 0) is 57.6 Å². The van der Waals surface area contributed by atoms with E-state index in [4.69, 9.17) is 4.74 Å². The van der Waals surface area contributed by atoms with Crippen LogP contribution in [0.4, 0.5) is 4.79 Å². The number of amides is 3. The quantitative estimate of drug-likeness (QED) is 0.377. The molecule has 3 N–H and O–H groups in total. The molecular formula is C25H37N3O7S. The summed E-state index contributed by atoms with van der Waals surface area (Å²) >= 11 is 1.52. The molecular weight excluding hydrogens is 486 g/mol. The van der Waals surface area contributed by atoms with E-state index >= 15 is 0 Å². The van der Waals surface area contributed by atoms with Gasteiger partial charge in [-0.2, -0.15) is 11.8 Å². The van der Waals surface area contributed by atoms with Gasteiger partial charge in [-0.25, -0.2) is 4.79 Å². The topological polar surface area (TPSA) is 134 Å². The number of para-hydroxylation sites is 1. The lowest BCUT2D eigenvalue weighted by Crippen LogP contribution is -2.54. The number of nitrogens with one attached hydrogen (secondary N) is 2. The minimum Gasteiger partial charge on any atom is -0.508 e. The molecule has 2 rings (SSSR count). The fraction of sp³-hybridized carbons (Fsp3) is 0.600. The van der Waals surface area contributed by atoms with Gasteiger partial charge in [-0.15, -0.1) is 0 Å². The number of thioether (sulfide) groups is 1. The highest BCUT2D eigenvalue weighted by Crippen LogP contribution is 2.42. The number of aromatic hydroxyl groups is 1. The summed E-state index contributed by atoms with van der Waals surface area (Å²) in [5.74, 6) is -1.24. The Labute approximate surface area is 216 Å². The van der Waals surface area contributed by atoms with Crippen molar-refractivity contribution in [2.75, 3.05) is 25.7 Å². The highest BCUT2D eigenvalue weighted by Gasteiger charge is 2.48. The molecule has 0 aromatic heterocycles. The van der Waals surface area contributed by atoms with Gasteiger partial charge in [0.1, 0.15) is 30.0 Å². The largest absolute Gasteiger partial charge is 0.508 e. The van der Waals surface area contributed by atoms with E-state index in [1.54, 1.807) is 39.0 Å². The molecule has 1 aliphatic carbocycles. The Morgan fingerprint density at radius 3 is 2.39 bits per heavy atom. The number of hydrogen-bond donors (Lipinski definition) is 3. The van der Waals surface area contributed by atoms with E-state index in [9.17, 15) is 24.3 Å². The molecule has 1 aromatic carbocycles. The summed E-state index contributed by atoms with van der Waals surface area (Å²) < 4.78 is 9.98. The molecule has 0 radical (unpaired) electrons. The van der Waals surface area contributed by atoms with Crippen LogP contribution in [-0.2, 0) is 23.9 Å². The minimum absolute atomic E-state index is 0.110. The van der Waals surface area contributed by atoms with Gasteiger partial charge in [0.05, 0.1) is 7.11 Å². The van der Waals surface area contributed by atoms with Gasteiger partial charge in [-0.3, -0.25) is 14.4 Å². The Kier molecular flexibility index (Phi) is 10.4. The smallest absolute Gasteiger partial charge is 0.408 e. The van der Waals surface area contributed by atoms with Crippen LogP contribution in [0.2, 0.25) is 0 Å². The number of phenolic OH excluding ortho intramolecular Hbond substituents is 1. The van der Waals surface area contributed by atoms with Crippen LogP contribution in [0.3, 0.4) is 0 Å². The molecule has 200 valence electrons. The van der Waals surface area contributed by atoms with Crippen LogP contribution < -0.4 is 10.6 Å². The van der Waals surface area contributed by atoms with E-state index in [0.29, 0.717) is 18.6 Å². The van der Waals surface area contributed by atoms with Gasteiger partial charge in [0.2, 0.25) is 11.8 Å². The second kappa shape index (κ2) is 12.8. The van der Waals surface area contributed by atoms with E-state index < -0.39 is 48.1 Å². The number of methoxy groups -OCH3 is 1. The number of hydrogen-bond acceptors (Lipinski definition) is 8. The predicted octanol–water partition coefficient (Wildman–Crippen LogP) is 2.61. The van der Waals surface area contributed by atoms with Gasteiger partial charge in [0, 0.05) is 11.6 Å². The van der Waals surface area contributed by atoms with Gasteiger partial charge < -0.3 is 30.1 Å². The summed E-state index contributed by atoms with van der Waals surface area (Å²) in [5, 5.41) is 15.8. The van der Waals surface area contributed by atoms with Crippen LogP contribution in [0.25, 0.3) is 0 Å². The molecule has 0 aliphatic heterocycles. The van der Waals surface area contributed by atoms with E-state index in [0.717, 1.165) is 0 Å². The monoisotopic (exact) mass is 523 g/mol. The highest BCUT2D eigenvalue weighted by atomic mass is 32.2. The molecule has 0 spiro atoms. The SMILES string of the molecule is COC(=O)CNC(=O)C(c1ccccc1O)N(C(=O)C(CCSC)NC(=O)OC(C)(C)C)C1CC1C. The summed E-state index contributed by atoms with van der Waals surface area (Å²) in [4.78, 5) is 53.1. The normalized spacial score (nSPS) is 18.4. The Bertz CT molecular complexity index is 950. The zero-order chi connectivity index (χ0) is 27.0. The van der Waals surface area contributed by atoms with Crippen molar-refractivity contribution in [2.45, 2.75) is 64.3 Å². The van der Waals surface area contributed by atoms with E-state index in [2.05, 4.69) is 15.4 Å². The average molecular weight is 524 g/mol. The second-order valence-corrected chi connectivity index (χ2v) is 10.7. The average Bonchev–Trinajstić information content (AvgIpc) is 3.52. The lowest BCUT2D eigenvalue weighted by Gasteiger charge is -2.35. The molecule has 0 bridgehead atoms. The summed E-state index contributed by atoms with van der Waals surface area (Å²) in [6.07, 6.45) is 2.12. The van der Waals surface area contributed by atoms with Crippen LogP contribution in [0.1, 0.15) is 52.1 Å². The maximum atomic E-state index is 14.0. The Balaban J connectivity index is 2.46. The molecule has 1 aliphatic rings. The number of phenols is 1. The molecule has 36 heavy (non-hydrogen) atoms. The van der Waals surface area contributed by atoms with Gasteiger partial charge >= 0.3 is 12.1 Å². The first-order valence-corrected chi connectivity index (χ1v) is 13.2. The van der Waals surface area contributed by atoms with E-state index in [1.165, 1.54) is 29.8 Å². The molecule has 11 heteroatoms. The molecule has 4 atom stereocenters. The van der Waals surface area contributed by atoms with Gasteiger partial charge in [0.15, 0.2) is 0 Å². The molecule has 1 saturated carbocycles. The number of carbonyl (C=O) groups is 4. The number of carbonyl (C=O) groups excluding carboxylic acids is 4. The minimum atomic E-state index is -1.23. The first-order chi connectivity index (χ1) is 16.9. The summed E-state index contributed by atoms with van der Waals surface area (Å²) in [6.45, 7) is 6.74. The first kappa shape index (κ1) is 29.3. The molecule has 1 aromatic rings. The second-order valence-electron chi connectivity index (χ2n) is 9.76. The summed E-state index contributed by atoms with van der Waals surface area (Å²) in [6, 6.07) is 3.78. The van der Waals surface area contributed by atoms with Crippen molar-refractivity contribution in [3.8, 4) is 5.75 Å². The lowest BCUT2D eigenvalue weighted by atomic mass is 10.0. The molecule has 10 nitrogen and oxygen atoms in total. The van der Waals surface area contributed by atoms with Gasteiger partial charge in [-0.1, -0.05) is 25.1 Å². The highest BCUT2D eigenvalue weighted by molar-refractivity contribution is 7.98. The van der Waals surface area contributed by atoms with Crippen LogP contribution in [0.15, 0.2) is 24.3 Å². The lowest BCUT2D eigenvalue weighted by molar-refractivity contribution is -0.145. The number of rotatable bonds is 11. The van der Waals surface area contributed by atoms with Crippen molar-refractivity contribution < 1.29 is 33.8 Å². The Morgan fingerprint density at radius 2 is 1.86 bits per heavy atom. The third-order valence-corrected chi connectivity index (χ3v) is 6.31. The maximum Gasteiger partial charge on any atom is 0.408 e. The summed E-state index contributed by atoms with van der Waals surface area (Å²) in [7, 11) is 1.20. The third-order valence-electron chi connectivity index (χ3n) is 5.67. The van der Waals surface area contributed by atoms with Crippen LogP contribution >= 0.6 is 11.8 Å². The molecule has 0 saturated heterocycles. The Morgan fingerprint density at radius 1 is 1.22 bits per heavy atom. The zero-order valence-electron chi connectivity index (χ0n) is 21.7. The van der Waals surface area contributed by atoms with Crippen molar-refractivity contribution in [1.29, 1.82) is 0 Å². The zero-order valence-corrected chi connectivity index (χ0v) is 22.5. The van der Waals surface area contributed by atoms with Gasteiger partial charge in [0.25, 0.3) is 0 Å². The molecule has 0 heterocycles. The van der Waals surface area contributed by atoms with Crippen molar-refractivity contribution in [3.05, 3.63) is 29.8 Å².